The Morgan fingerprint density at radius 3 is 1.71 bits per heavy atom. The molecule has 4 amide bonds. The van der Waals surface area contributed by atoms with Crippen molar-refractivity contribution in [3.05, 3.63) is 108 Å². The summed E-state index contributed by atoms with van der Waals surface area (Å²) in [6.45, 7) is 1.54. The van der Waals surface area contributed by atoms with Gasteiger partial charge >= 0.3 is 5.97 Å². The first-order valence-corrected chi connectivity index (χ1v) is 16.0. The second kappa shape index (κ2) is 17.2. The largest absolute Gasteiger partial charge is 0.480 e. The third-order valence-corrected chi connectivity index (χ3v) is 8.33. The molecule has 1 aliphatic rings. The molecular formula is C36H43N5O7. The summed E-state index contributed by atoms with van der Waals surface area (Å²) in [5, 5.41) is 28.2. The predicted molar refractivity (Wildman–Crippen MR) is 178 cm³/mol. The molecule has 48 heavy (non-hydrogen) atoms. The van der Waals surface area contributed by atoms with E-state index in [1.54, 1.807) is 54.6 Å². The number of carboxylic acids is 1. The van der Waals surface area contributed by atoms with Crippen LogP contribution in [0.4, 0.5) is 0 Å². The fraction of sp³-hybridized carbons (Fsp3) is 0.361. The molecule has 1 aliphatic heterocycles. The number of rotatable bonds is 15. The van der Waals surface area contributed by atoms with E-state index >= 15 is 0 Å². The van der Waals surface area contributed by atoms with E-state index in [1.807, 2.05) is 36.4 Å². The number of aliphatic carboxylic acids is 1. The normalized spacial score (nSPS) is 17.3. The third-order valence-electron chi connectivity index (χ3n) is 8.33. The summed E-state index contributed by atoms with van der Waals surface area (Å²) in [7, 11) is 0. The molecule has 7 N–H and O–H groups in total. The van der Waals surface area contributed by atoms with Crippen LogP contribution in [0.15, 0.2) is 91.0 Å². The van der Waals surface area contributed by atoms with Crippen molar-refractivity contribution in [2.45, 2.75) is 75.3 Å². The summed E-state index contributed by atoms with van der Waals surface area (Å²) in [5.41, 5.74) is 8.50. The van der Waals surface area contributed by atoms with Crippen molar-refractivity contribution >= 4 is 29.6 Å². The predicted octanol–water partition coefficient (Wildman–Crippen LogP) is 0.953. The molecule has 254 valence electrons. The van der Waals surface area contributed by atoms with Gasteiger partial charge in [-0.1, -0.05) is 91.0 Å². The molecule has 0 saturated carbocycles. The number of hydrogen-bond donors (Lipinski definition) is 6. The van der Waals surface area contributed by atoms with Crippen LogP contribution in [-0.4, -0.2) is 87.6 Å². The van der Waals surface area contributed by atoms with Crippen LogP contribution in [0.3, 0.4) is 0 Å². The number of amides is 4. The quantitative estimate of drug-likeness (QED) is 0.139. The molecule has 12 heteroatoms. The summed E-state index contributed by atoms with van der Waals surface area (Å²) in [6, 6.07) is 21.3. The molecule has 4 rings (SSSR count). The number of nitrogens with one attached hydrogen (secondary N) is 3. The van der Waals surface area contributed by atoms with E-state index < -0.39 is 65.9 Å². The number of benzene rings is 3. The number of carboxylic acid groups (broad SMARTS) is 1. The van der Waals surface area contributed by atoms with Crippen LogP contribution in [0.25, 0.3) is 0 Å². The van der Waals surface area contributed by atoms with Crippen molar-refractivity contribution in [3.8, 4) is 0 Å². The van der Waals surface area contributed by atoms with Gasteiger partial charge in [0.2, 0.25) is 23.6 Å². The van der Waals surface area contributed by atoms with E-state index in [0.717, 1.165) is 16.7 Å². The van der Waals surface area contributed by atoms with Gasteiger partial charge in [-0.2, -0.15) is 0 Å². The zero-order valence-electron chi connectivity index (χ0n) is 26.8. The van der Waals surface area contributed by atoms with Gasteiger partial charge in [-0.25, -0.2) is 4.79 Å². The van der Waals surface area contributed by atoms with Crippen molar-refractivity contribution in [2.75, 3.05) is 6.54 Å². The SMILES string of the molecule is C[C@@H](O)[C@H](NC(=O)[C@H](Cc1ccccc1)NC(=O)[C@@H](N)Cc1ccccc1)C(=O)N[C@@H](Cc1ccccc1)C(=O)N1CCC[C@H]1C(=O)O. The van der Waals surface area contributed by atoms with Crippen LogP contribution in [0.1, 0.15) is 36.5 Å². The smallest absolute Gasteiger partial charge is 0.326 e. The van der Waals surface area contributed by atoms with E-state index in [0.29, 0.717) is 12.8 Å². The monoisotopic (exact) mass is 657 g/mol. The molecule has 0 radical (unpaired) electrons. The van der Waals surface area contributed by atoms with E-state index in [2.05, 4.69) is 16.0 Å². The minimum absolute atomic E-state index is 0.0563. The van der Waals surface area contributed by atoms with E-state index in [9.17, 15) is 34.2 Å². The Hall–Kier alpha value is -5.07. The van der Waals surface area contributed by atoms with Crippen molar-refractivity contribution in [2.24, 2.45) is 5.73 Å². The van der Waals surface area contributed by atoms with Gasteiger partial charge in [-0.15, -0.1) is 0 Å². The zero-order chi connectivity index (χ0) is 34.6. The Morgan fingerprint density at radius 1 is 0.729 bits per heavy atom. The Kier molecular flexibility index (Phi) is 12.8. The van der Waals surface area contributed by atoms with Gasteiger partial charge in [0.15, 0.2) is 0 Å². The lowest BCUT2D eigenvalue weighted by molar-refractivity contribution is -0.149. The minimum atomic E-state index is -1.51. The zero-order valence-corrected chi connectivity index (χ0v) is 26.8. The minimum Gasteiger partial charge on any atom is -0.480 e. The lowest BCUT2D eigenvalue weighted by atomic mass is 10.0. The second-order valence-electron chi connectivity index (χ2n) is 12.1. The molecular weight excluding hydrogens is 614 g/mol. The molecule has 0 unspecified atom stereocenters. The molecule has 0 aromatic heterocycles. The Morgan fingerprint density at radius 2 is 1.21 bits per heavy atom. The van der Waals surface area contributed by atoms with E-state index in [1.165, 1.54) is 11.8 Å². The number of nitrogens with two attached hydrogens (primary N) is 1. The maximum absolute atomic E-state index is 13.7. The highest BCUT2D eigenvalue weighted by molar-refractivity contribution is 5.96. The first-order valence-electron chi connectivity index (χ1n) is 16.0. The van der Waals surface area contributed by atoms with Gasteiger partial charge in [0.1, 0.15) is 24.2 Å². The van der Waals surface area contributed by atoms with Gasteiger partial charge in [0.25, 0.3) is 0 Å². The van der Waals surface area contributed by atoms with Crippen LogP contribution >= 0.6 is 0 Å². The fourth-order valence-electron chi connectivity index (χ4n) is 5.76. The summed E-state index contributed by atoms with van der Waals surface area (Å²) in [5.74, 6) is -3.86. The van der Waals surface area contributed by atoms with Crippen LogP contribution in [0.5, 0.6) is 0 Å². The maximum atomic E-state index is 13.7. The first kappa shape index (κ1) is 35.8. The fourth-order valence-corrected chi connectivity index (χ4v) is 5.76. The molecule has 0 spiro atoms. The number of carbonyl (C=O) groups is 5. The number of likely N-dealkylation sites (tertiary alicyclic amines) is 1. The van der Waals surface area contributed by atoms with E-state index in [-0.39, 0.29) is 25.8 Å². The van der Waals surface area contributed by atoms with Crippen molar-refractivity contribution in [3.63, 3.8) is 0 Å². The standard InChI is InChI=1S/C36H43N5O7/c1-23(42)31(34(45)39-29(22-26-16-9-4-10-17-26)35(46)41-19-11-18-30(41)36(47)48)40-33(44)28(21-25-14-7-3-8-15-25)38-32(43)27(37)20-24-12-5-2-6-13-24/h2-10,12-17,23,27-31,42H,11,18-22,37H2,1H3,(H,38,43)(H,39,45)(H,40,44)(H,47,48)/t23-,27+,28+,29+,30+,31+/m1/s1. The number of aliphatic hydroxyl groups excluding tert-OH is 1. The number of nitrogens with zero attached hydrogens (tertiary/aromatic N) is 1. The van der Waals surface area contributed by atoms with Gasteiger partial charge in [0, 0.05) is 19.4 Å². The molecule has 0 bridgehead atoms. The molecule has 0 aliphatic carbocycles. The summed E-state index contributed by atoms with van der Waals surface area (Å²) < 4.78 is 0. The second-order valence-corrected chi connectivity index (χ2v) is 12.1. The molecule has 12 nitrogen and oxygen atoms in total. The Labute approximate surface area is 279 Å². The number of carbonyl (C=O) groups excluding carboxylic acids is 4. The number of hydrogen-bond acceptors (Lipinski definition) is 7. The molecule has 3 aromatic rings. The van der Waals surface area contributed by atoms with E-state index in [4.69, 9.17) is 5.73 Å². The lowest BCUT2D eigenvalue weighted by Gasteiger charge is -2.30. The van der Waals surface area contributed by atoms with Crippen molar-refractivity contribution < 1.29 is 34.2 Å². The maximum Gasteiger partial charge on any atom is 0.326 e. The number of aliphatic hydroxyl groups is 1. The highest BCUT2D eigenvalue weighted by Crippen LogP contribution is 2.20. The van der Waals surface area contributed by atoms with Crippen LogP contribution in [0, 0.1) is 0 Å². The molecule has 1 fully saturated rings. The summed E-state index contributed by atoms with van der Waals surface area (Å²) >= 11 is 0. The highest BCUT2D eigenvalue weighted by Gasteiger charge is 2.39. The van der Waals surface area contributed by atoms with Crippen molar-refractivity contribution in [1.82, 2.24) is 20.9 Å². The van der Waals surface area contributed by atoms with Gasteiger partial charge in [-0.05, 0) is 42.9 Å². The third kappa shape index (κ3) is 9.96. The van der Waals surface area contributed by atoms with Gasteiger partial charge in [0.05, 0.1) is 12.1 Å². The first-order chi connectivity index (χ1) is 23.0. The highest BCUT2D eigenvalue weighted by atomic mass is 16.4. The van der Waals surface area contributed by atoms with Gasteiger partial charge < -0.3 is 36.8 Å². The van der Waals surface area contributed by atoms with Crippen LogP contribution in [0.2, 0.25) is 0 Å². The molecule has 3 aromatic carbocycles. The van der Waals surface area contributed by atoms with Crippen molar-refractivity contribution in [1.29, 1.82) is 0 Å². The Balaban J connectivity index is 1.52. The molecule has 1 heterocycles. The van der Waals surface area contributed by atoms with Gasteiger partial charge in [-0.3, -0.25) is 19.2 Å². The topological polar surface area (TPSA) is 191 Å². The average Bonchev–Trinajstić information content (AvgIpc) is 3.58. The van der Waals surface area contributed by atoms with Crippen LogP contribution < -0.4 is 21.7 Å². The molecule has 1 saturated heterocycles. The molecule has 6 atom stereocenters. The Bertz CT molecular complexity index is 1540. The lowest BCUT2D eigenvalue weighted by Crippen LogP contribution is -2.61. The van der Waals surface area contributed by atoms with Crippen LogP contribution in [-0.2, 0) is 43.2 Å². The summed E-state index contributed by atoms with van der Waals surface area (Å²) in [6.07, 6.45) is -0.227. The average molecular weight is 658 g/mol. The summed E-state index contributed by atoms with van der Waals surface area (Å²) in [4.78, 5) is 67.4.